The topological polar surface area (TPSA) is 40.5 Å². The molecule has 2 aromatic rings. The van der Waals surface area contributed by atoms with Crippen LogP contribution in [0.1, 0.15) is 38.8 Å². The van der Waals surface area contributed by atoms with Crippen LogP contribution in [0.25, 0.3) is 0 Å². The monoisotopic (exact) mass is 323 g/mol. The van der Waals surface area contributed by atoms with E-state index in [9.17, 15) is 9.90 Å². The molecule has 0 radical (unpaired) electrons. The largest absolute Gasteiger partial charge is 0.366 e. The highest BCUT2D eigenvalue weighted by molar-refractivity contribution is 5.87. The van der Waals surface area contributed by atoms with E-state index in [1.165, 1.54) is 0 Å². The van der Waals surface area contributed by atoms with Crippen LogP contribution >= 0.6 is 0 Å². The number of rotatable bonds is 3. The van der Waals surface area contributed by atoms with E-state index < -0.39 is 16.6 Å². The second kappa shape index (κ2) is 5.45. The Kier molecular flexibility index (Phi) is 3.80. The van der Waals surface area contributed by atoms with Gasteiger partial charge in [0.05, 0.1) is 5.41 Å². The predicted octanol–water partition coefficient (Wildman–Crippen LogP) is 3.93. The molecule has 3 heteroatoms. The van der Waals surface area contributed by atoms with Crippen LogP contribution in [0.15, 0.2) is 60.7 Å². The maximum Gasteiger partial charge on any atom is 0.231 e. The van der Waals surface area contributed by atoms with E-state index >= 15 is 0 Å². The molecule has 1 heterocycles. The molecule has 1 amide bonds. The highest BCUT2D eigenvalue weighted by atomic mass is 16.3. The summed E-state index contributed by atoms with van der Waals surface area (Å²) in [5, 5.41) is 11.8. The minimum Gasteiger partial charge on any atom is -0.366 e. The Balaban J connectivity index is 2.15. The minimum absolute atomic E-state index is 0.0253. The molecule has 126 valence electrons. The summed E-state index contributed by atoms with van der Waals surface area (Å²) in [5.74, 6) is -0.0253. The van der Waals surface area contributed by atoms with Crippen molar-refractivity contribution in [3.05, 3.63) is 71.8 Å². The van der Waals surface area contributed by atoms with Gasteiger partial charge in [-0.3, -0.25) is 4.79 Å². The Morgan fingerprint density at radius 2 is 1.38 bits per heavy atom. The number of carbonyl (C=O) groups excluding carboxylic acids is 1. The first-order chi connectivity index (χ1) is 11.2. The van der Waals surface area contributed by atoms with Gasteiger partial charge in [0.1, 0.15) is 0 Å². The van der Waals surface area contributed by atoms with Gasteiger partial charge in [0.2, 0.25) is 5.91 Å². The van der Waals surface area contributed by atoms with Crippen LogP contribution in [-0.4, -0.2) is 15.9 Å². The minimum atomic E-state index is -1.36. The van der Waals surface area contributed by atoms with Crippen LogP contribution < -0.4 is 0 Å². The fraction of sp³-hybridized carbons (Fsp3) is 0.381. The fourth-order valence-electron chi connectivity index (χ4n) is 3.66. The van der Waals surface area contributed by atoms with Gasteiger partial charge in [0.25, 0.3) is 0 Å². The molecule has 0 bridgehead atoms. The molecule has 1 atom stereocenters. The SMILES string of the molecule is CC1(C)C(=O)N(Cc2ccccc2)C(O)(c2ccccc2)C1(C)C. The average molecular weight is 323 g/mol. The molecule has 0 aliphatic carbocycles. The molecule has 0 aromatic heterocycles. The molecule has 2 aromatic carbocycles. The zero-order chi connectivity index (χ0) is 17.6. The molecule has 3 rings (SSSR count). The molecule has 24 heavy (non-hydrogen) atoms. The standard InChI is InChI=1S/C21H25NO2/c1-19(2)18(23)22(15-16-11-7-5-8-12-16)21(24,20(19,3)4)17-13-9-6-10-14-17/h5-14,24H,15H2,1-4H3. The predicted molar refractivity (Wildman–Crippen MR) is 94.9 cm³/mol. The first kappa shape index (κ1) is 16.7. The first-order valence-corrected chi connectivity index (χ1v) is 8.37. The van der Waals surface area contributed by atoms with Crippen LogP contribution in [0, 0.1) is 10.8 Å². The quantitative estimate of drug-likeness (QED) is 0.930. The number of likely N-dealkylation sites (tertiary alicyclic amines) is 1. The lowest BCUT2D eigenvalue weighted by atomic mass is 9.63. The van der Waals surface area contributed by atoms with Crippen molar-refractivity contribution in [2.45, 2.75) is 40.0 Å². The summed E-state index contributed by atoms with van der Waals surface area (Å²) in [6, 6.07) is 19.3. The molecular formula is C21H25NO2. The maximum absolute atomic E-state index is 13.2. The van der Waals surface area contributed by atoms with Crippen molar-refractivity contribution in [1.29, 1.82) is 0 Å². The third kappa shape index (κ3) is 2.11. The number of nitrogens with zero attached hydrogens (tertiary/aromatic N) is 1. The van der Waals surface area contributed by atoms with Crippen molar-refractivity contribution in [3.8, 4) is 0 Å². The average Bonchev–Trinajstić information content (AvgIpc) is 2.68. The van der Waals surface area contributed by atoms with E-state index in [0.717, 1.165) is 11.1 Å². The number of carbonyl (C=O) groups is 1. The molecule has 1 aliphatic heterocycles. The van der Waals surface area contributed by atoms with E-state index in [1.807, 2.05) is 88.4 Å². The van der Waals surface area contributed by atoms with Gasteiger partial charge >= 0.3 is 0 Å². The molecule has 0 saturated carbocycles. The lowest BCUT2D eigenvalue weighted by molar-refractivity contribution is -0.172. The van der Waals surface area contributed by atoms with Crippen LogP contribution in [0.4, 0.5) is 0 Å². The summed E-state index contributed by atoms with van der Waals surface area (Å²) in [5.41, 5.74) is -0.914. The highest BCUT2D eigenvalue weighted by Gasteiger charge is 2.67. The van der Waals surface area contributed by atoms with E-state index in [2.05, 4.69) is 0 Å². The molecule has 1 saturated heterocycles. The summed E-state index contributed by atoms with van der Waals surface area (Å²) in [7, 11) is 0. The number of amides is 1. The Bertz CT molecular complexity index is 737. The van der Waals surface area contributed by atoms with E-state index in [-0.39, 0.29) is 5.91 Å². The van der Waals surface area contributed by atoms with Crippen LogP contribution in [0.2, 0.25) is 0 Å². The number of benzene rings is 2. The Labute approximate surface area is 143 Å². The van der Waals surface area contributed by atoms with E-state index in [1.54, 1.807) is 4.90 Å². The molecule has 1 aliphatic rings. The van der Waals surface area contributed by atoms with E-state index in [0.29, 0.717) is 6.54 Å². The third-order valence-electron chi connectivity index (χ3n) is 5.96. The van der Waals surface area contributed by atoms with Gasteiger partial charge in [-0.1, -0.05) is 88.4 Å². The zero-order valence-corrected chi connectivity index (χ0v) is 14.8. The first-order valence-electron chi connectivity index (χ1n) is 8.37. The third-order valence-corrected chi connectivity index (χ3v) is 5.96. The molecule has 1 N–H and O–H groups in total. The van der Waals surface area contributed by atoms with E-state index in [4.69, 9.17) is 0 Å². The van der Waals surface area contributed by atoms with Crippen molar-refractivity contribution in [1.82, 2.24) is 4.90 Å². The van der Waals surface area contributed by atoms with Gasteiger partial charge in [-0.05, 0) is 5.56 Å². The van der Waals surface area contributed by atoms with Crippen molar-refractivity contribution < 1.29 is 9.90 Å². The number of hydrogen-bond acceptors (Lipinski definition) is 2. The van der Waals surface area contributed by atoms with Gasteiger partial charge < -0.3 is 10.0 Å². The fourth-order valence-corrected chi connectivity index (χ4v) is 3.66. The lowest BCUT2D eigenvalue weighted by Crippen LogP contribution is -2.50. The van der Waals surface area contributed by atoms with Gasteiger partial charge in [-0.25, -0.2) is 0 Å². The Morgan fingerprint density at radius 3 is 1.92 bits per heavy atom. The van der Waals surface area contributed by atoms with Crippen LogP contribution in [-0.2, 0) is 17.1 Å². The Morgan fingerprint density at radius 1 is 0.875 bits per heavy atom. The smallest absolute Gasteiger partial charge is 0.231 e. The Hall–Kier alpha value is -2.13. The highest BCUT2D eigenvalue weighted by Crippen LogP contribution is 2.60. The zero-order valence-electron chi connectivity index (χ0n) is 14.8. The van der Waals surface area contributed by atoms with Crippen molar-refractivity contribution in [2.75, 3.05) is 0 Å². The summed E-state index contributed by atoms with van der Waals surface area (Å²) < 4.78 is 0. The lowest BCUT2D eigenvalue weighted by Gasteiger charge is -2.44. The molecule has 1 fully saturated rings. The molecular weight excluding hydrogens is 298 g/mol. The van der Waals surface area contributed by atoms with Gasteiger partial charge in [-0.15, -0.1) is 0 Å². The second-order valence-electron chi connectivity index (χ2n) is 7.67. The summed E-state index contributed by atoms with van der Waals surface area (Å²) in [4.78, 5) is 14.8. The van der Waals surface area contributed by atoms with Gasteiger partial charge in [0, 0.05) is 17.5 Å². The van der Waals surface area contributed by atoms with Crippen molar-refractivity contribution in [2.24, 2.45) is 10.8 Å². The second-order valence-corrected chi connectivity index (χ2v) is 7.67. The molecule has 0 spiro atoms. The van der Waals surface area contributed by atoms with Crippen molar-refractivity contribution in [3.63, 3.8) is 0 Å². The van der Waals surface area contributed by atoms with Gasteiger partial charge in [-0.2, -0.15) is 0 Å². The number of hydrogen-bond donors (Lipinski definition) is 1. The molecule has 1 unspecified atom stereocenters. The van der Waals surface area contributed by atoms with Crippen LogP contribution in [0.3, 0.4) is 0 Å². The summed E-state index contributed by atoms with van der Waals surface area (Å²) in [6.45, 7) is 8.19. The summed E-state index contributed by atoms with van der Waals surface area (Å²) in [6.07, 6.45) is 0. The van der Waals surface area contributed by atoms with Crippen molar-refractivity contribution >= 4 is 5.91 Å². The molecule has 3 nitrogen and oxygen atoms in total. The van der Waals surface area contributed by atoms with Crippen LogP contribution in [0.5, 0.6) is 0 Å². The van der Waals surface area contributed by atoms with Gasteiger partial charge in [0.15, 0.2) is 5.72 Å². The maximum atomic E-state index is 13.2. The number of aliphatic hydroxyl groups is 1. The normalized spacial score (nSPS) is 25.0. The summed E-state index contributed by atoms with van der Waals surface area (Å²) >= 11 is 0.